The summed E-state index contributed by atoms with van der Waals surface area (Å²) in [6, 6.07) is 6.10. The van der Waals surface area contributed by atoms with Crippen LogP contribution in [0, 0.1) is 0 Å². The summed E-state index contributed by atoms with van der Waals surface area (Å²) in [6.45, 7) is 0.470. The predicted molar refractivity (Wildman–Crippen MR) is 94.8 cm³/mol. The van der Waals surface area contributed by atoms with E-state index >= 15 is 0 Å². The second kappa shape index (κ2) is 7.10. The van der Waals surface area contributed by atoms with Crippen LogP contribution in [0.4, 0.5) is 19.0 Å². The topological polar surface area (TPSA) is 71.7 Å². The Balaban J connectivity index is 1.57. The number of aliphatic hydroxyl groups is 1. The van der Waals surface area contributed by atoms with Crippen molar-refractivity contribution in [3.63, 3.8) is 0 Å². The minimum absolute atomic E-state index is 0.00997. The van der Waals surface area contributed by atoms with Crippen LogP contribution in [0.25, 0.3) is 16.2 Å². The van der Waals surface area contributed by atoms with Gasteiger partial charge in [-0.25, -0.2) is 9.50 Å². The standard InChI is InChI=1S/C17H17F3N4O2S/c18-17(19,20)14-4-3-13(27-14)12-7-21-16-6-5-15(23-24(12)16)22-10-1-2-11(8-25)26-9-10/h3-7,10-11,25H,1-2,8-9H2,(H,22,23)/t10-,11+/m0/s1. The van der Waals surface area contributed by atoms with Gasteiger partial charge in [0.25, 0.3) is 0 Å². The number of aromatic nitrogens is 3. The van der Waals surface area contributed by atoms with Crippen molar-refractivity contribution >= 4 is 22.8 Å². The number of nitrogens with zero attached hydrogens (tertiary/aromatic N) is 3. The van der Waals surface area contributed by atoms with Gasteiger partial charge >= 0.3 is 6.18 Å². The number of ether oxygens (including phenoxy) is 1. The first kappa shape index (κ1) is 18.2. The zero-order valence-electron chi connectivity index (χ0n) is 14.1. The molecule has 1 fully saturated rings. The Morgan fingerprint density at radius 3 is 2.78 bits per heavy atom. The number of rotatable bonds is 4. The van der Waals surface area contributed by atoms with Crippen LogP contribution in [0.3, 0.4) is 0 Å². The van der Waals surface area contributed by atoms with E-state index in [4.69, 9.17) is 9.84 Å². The lowest BCUT2D eigenvalue weighted by molar-refractivity contribution is -0.134. The SMILES string of the molecule is OC[C@H]1CC[C@H](Nc2ccc3ncc(-c4ccc(C(F)(F)F)s4)n3n2)CO1. The van der Waals surface area contributed by atoms with Gasteiger partial charge < -0.3 is 15.2 Å². The molecule has 0 radical (unpaired) electrons. The molecular formula is C17H17F3N4O2S. The molecule has 2 atom stereocenters. The molecule has 4 heterocycles. The quantitative estimate of drug-likeness (QED) is 0.705. The van der Waals surface area contributed by atoms with Gasteiger partial charge in [-0.2, -0.15) is 13.2 Å². The van der Waals surface area contributed by atoms with Crippen molar-refractivity contribution in [3.8, 4) is 10.6 Å². The highest BCUT2D eigenvalue weighted by Crippen LogP contribution is 2.38. The third-order valence-electron chi connectivity index (χ3n) is 4.43. The van der Waals surface area contributed by atoms with E-state index in [0.29, 0.717) is 40.0 Å². The Kier molecular flexibility index (Phi) is 4.79. The number of imidazole rings is 1. The second-order valence-electron chi connectivity index (χ2n) is 6.35. The van der Waals surface area contributed by atoms with Crippen molar-refractivity contribution in [2.45, 2.75) is 31.2 Å². The number of thiophene rings is 1. The van der Waals surface area contributed by atoms with Gasteiger partial charge in [-0.15, -0.1) is 16.4 Å². The fourth-order valence-electron chi connectivity index (χ4n) is 3.02. The fraction of sp³-hybridized carbons (Fsp3) is 0.412. The van der Waals surface area contributed by atoms with Gasteiger partial charge in [0.2, 0.25) is 0 Å². The highest BCUT2D eigenvalue weighted by atomic mass is 32.1. The third kappa shape index (κ3) is 3.78. The largest absolute Gasteiger partial charge is 0.425 e. The zero-order valence-corrected chi connectivity index (χ0v) is 14.9. The van der Waals surface area contributed by atoms with Gasteiger partial charge in [0, 0.05) is 0 Å². The van der Waals surface area contributed by atoms with Crippen LogP contribution < -0.4 is 5.32 Å². The van der Waals surface area contributed by atoms with Crippen molar-refractivity contribution in [1.82, 2.24) is 14.6 Å². The number of nitrogens with one attached hydrogen (secondary N) is 1. The molecule has 0 aromatic carbocycles. The number of halogens is 3. The van der Waals surface area contributed by atoms with Gasteiger partial charge in [0.15, 0.2) is 5.65 Å². The summed E-state index contributed by atoms with van der Waals surface area (Å²) in [5.41, 5.74) is 1.06. The molecule has 1 aliphatic rings. The van der Waals surface area contributed by atoms with E-state index in [2.05, 4.69) is 15.4 Å². The second-order valence-corrected chi connectivity index (χ2v) is 7.43. The summed E-state index contributed by atoms with van der Waals surface area (Å²) in [5.74, 6) is 0.588. The van der Waals surface area contributed by atoms with Crippen LogP contribution in [0.15, 0.2) is 30.5 Å². The highest BCUT2D eigenvalue weighted by Gasteiger charge is 2.32. The van der Waals surface area contributed by atoms with Crippen molar-refractivity contribution in [1.29, 1.82) is 0 Å². The first-order valence-electron chi connectivity index (χ1n) is 8.45. The molecule has 4 rings (SSSR count). The summed E-state index contributed by atoms with van der Waals surface area (Å²) < 4.78 is 45.7. The average molecular weight is 398 g/mol. The smallest absolute Gasteiger partial charge is 0.394 e. The normalized spacial score (nSPS) is 20.9. The van der Waals surface area contributed by atoms with E-state index in [9.17, 15) is 13.2 Å². The van der Waals surface area contributed by atoms with Crippen LogP contribution in [0.5, 0.6) is 0 Å². The lowest BCUT2D eigenvalue weighted by Gasteiger charge is -2.28. The van der Waals surface area contributed by atoms with Crippen molar-refractivity contribution < 1.29 is 23.0 Å². The summed E-state index contributed by atoms with van der Waals surface area (Å²) in [5, 5.41) is 16.9. The van der Waals surface area contributed by atoms with E-state index in [1.807, 2.05) is 0 Å². The Bertz CT molecular complexity index is 932. The number of fused-ring (bicyclic) bond motifs is 1. The first-order valence-corrected chi connectivity index (χ1v) is 9.27. The van der Waals surface area contributed by atoms with Gasteiger partial charge in [0.1, 0.15) is 16.4 Å². The molecule has 1 saturated heterocycles. The number of hydrogen-bond donors (Lipinski definition) is 2. The number of anilines is 1. The molecule has 3 aromatic heterocycles. The summed E-state index contributed by atoms with van der Waals surface area (Å²) in [4.78, 5) is 4.02. The summed E-state index contributed by atoms with van der Waals surface area (Å²) in [6.07, 6.45) is -1.38. The Labute approximate surface area is 156 Å². The minimum Gasteiger partial charge on any atom is -0.394 e. The van der Waals surface area contributed by atoms with Crippen molar-refractivity contribution in [2.75, 3.05) is 18.5 Å². The molecule has 0 amide bonds. The zero-order chi connectivity index (χ0) is 19.0. The number of alkyl halides is 3. The summed E-state index contributed by atoms with van der Waals surface area (Å²) in [7, 11) is 0. The van der Waals surface area contributed by atoms with Gasteiger partial charge in [0.05, 0.1) is 36.4 Å². The maximum absolute atomic E-state index is 12.9. The van der Waals surface area contributed by atoms with Crippen LogP contribution in [0.1, 0.15) is 17.7 Å². The molecule has 0 aliphatic carbocycles. The maximum atomic E-state index is 12.9. The Morgan fingerprint density at radius 1 is 1.26 bits per heavy atom. The van der Waals surface area contributed by atoms with Gasteiger partial charge in [-0.1, -0.05) is 0 Å². The number of hydrogen-bond acceptors (Lipinski definition) is 6. The molecule has 0 unspecified atom stereocenters. The first-order chi connectivity index (χ1) is 12.9. The van der Waals surface area contributed by atoms with Gasteiger partial charge in [-0.3, -0.25) is 0 Å². The molecule has 2 N–H and O–H groups in total. The minimum atomic E-state index is -4.36. The molecule has 0 saturated carbocycles. The van der Waals surface area contributed by atoms with Crippen molar-refractivity contribution in [2.24, 2.45) is 0 Å². The highest BCUT2D eigenvalue weighted by molar-refractivity contribution is 7.15. The molecule has 3 aromatic rings. The summed E-state index contributed by atoms with van der Waals surface area (Å²) >= 11 is 0.667. The lowest BCUT2D eigenvalue weighted by atomic mass is 10.1. The van der Waals surface area contributed by atoms with Crippen LogP contribution >= 0.6 is 11.3 Å². The monoisotopic (exact) mass is 398 g/mol. The Morgan fingerprint density at radius 2 is 2.11 bits per heavy atom. The molecule has 27 heavy (non-hydrogen) atoms. The average Bonchev–Trinajstić information content (AvgIpc) is 3.28. The van der Waals surface area contributed by atoms with Gasteiger partial charge in [-0.05, 0) is 37.1 Å². The fourth-order valence-corrected chi connectivity index (χ4v) is 3.89. The molecule has 10 heteroatoms. The molecule has 0 bridgehead atoms. The predicted octanol–water partition coefficient (Wildman–Crippen LogP) is 3.43. The Hall–Kier alpha value is -2.17. The van der Waals surface area contributed by atoms with E-state index in [0.717, 1.165) is 18.9 Å². The molecule has 144 valence electrons. The lowest BCUT2D eigenvalue weighted by Crippen LogP contribution is -2.36. The van der Waals surface area contributed by atoms with Crippen molar-refractivity contribution in [3.05, 3.63) is 35.3 Å². The third-order valence-corrected chi connectivity index (χ3v) is 5.58. The van der Waals surface area contributed by atoms with Crippen LogP contribution in [-0.4, -0.2) is 45.1 Å². The number of aliphatic hydroxyl groups excluding tert-OH is 1. The van der Waals surface area contributed by atoms with Crippen LogP contribution in [0.2, 0.25) is 0 Å². The maximum Gasteiger partial charge on any atom is 0.425 e. The van der Waals surface area contributed by atoms with E-state index in [1.165, 1.54) is 16.8 Å². The molecule has 6 nitrogen and oxygen atoms in total. The van der Waals surface area contributed by atoms with E-state index in [1.54, 1.807) is 12.1 Å². The molecule has 1 aliphatic heterocycles. The van der Waals surface area contributed by atoms with Crippen LogP contribution in [-0.2, 0) is 10.9 Å². The molecule has 0 spiro atoms. The van der Waals surface area contributed by atoms with E-state index < -0.39 is 11.1 Å². The molecular weight excluding hydrogens is 381 g/mol. The van der Waals surface area contributed by atoms with E-state index in [-0.39, 0.29) is 18.8 Å².